The molecule has 3 rings (SSSR count). The van der Waals surface area contributed by atoms with Gasteiger partial charge in [0.1, 0.15) is 11.5 Å². The third kappa shape index (κ3) is 4.46. The summed E-state index contributed by atoms with van der Waals surface area (Å²) in [6, 6.07) is 10.3. The number of ether oxygens (including phenoxy) is 1. The van der Waals surface area contributed by atoms with Crippen molar-refractivity contribution >= 4 is 17.7 Å². The lowest BCUT2D eigenvalue weighted by Crippen LogP contribution is -2.45. The van der Waals surface area contributed by atoms with Gasteiger partial charge in [0.25, 0.3) is 5.91 Å². The number of carbonyl (C=O) groups is 3. The third-order valence-electron chi connectivity index (χ3n) is 4.24. The van der Waals surface area contributed by atoms with Crippen molar-refractivity contribution < 1.29 is 23.5 Å². The summed E-state index contributed by atoms with van der Waals surface area (Å²) in [4.78, 5) is 38.3. The average Bonchev–Trinajstić information content (AvgIpc) is 3.31. The van der Waals surface area contributed by atoms with Crippen molar-refractivity contribution in [3.63, 3.8) is 0 Å². The van der Waals surface area contributed by atoms with Crippen LogP contribution in [-0.4, -0.2) is 35.8 Å². The van der Waals surface area contributed by atoms with E-state index in [1.165, 1.54) is 6.26 Å². The Bertz CT molecular complexity index is 819. The van der Waals surface area contributed by atoms with Gasteiger partial charge in [0, 0.05) is 13.0 Å². The number of benzene rings is 1. The summed E-state index contributed by atoms with van der Waals surface area (Å²) in [5.74, 6) is -0.455. The summed E-state index contributed by atoms with van der Waals surface area (Å²) < 4.78 is 10.6. The molecule has 0 bridgehead atoms. The first kappa shape index (κ1) is 18.5. The van der Waals surface area contributed by atoms with Gasteiger partial charge in [-0.3, -0.25) is 25.2 Å². The van der Waals surface area contributed by atoms with Crippen LogP contribution in [0.2, 0.25) is 0 Å². The first-order valence-electron chi connectivity index (χ1n) is 8.70. The largest absolute Gasteiger partial charge is 0.493 e. The van der Waals surface area contributed by atoms with E-state index in [9.17, 15) is 14.4 Å². The van der Waals surface area contributed by atoms with Crippen molar-refractivity contribution in [3.8, 4) is 5.75 Å². The van der Waals surface area contributed by atoms with Gasteiger partial charge in [-0.25, -0.2) is 0 Å². The fourth-order valence-electron chi connectivity index (χ4n) is 2.91. The number of rotatable bonds is 6. The van der Waals surface area contributed by atoms with Crippen LogP contribution in [-0.2, 0) is 16.1 Å². The number of hydrazine groups is 1. The standard InChI is InChI=1S/C19H21N3O5/c1-2-26-16-8-4-3-7-15(16)19(25)21-20-18(24)13-10-17(23)22(11-13)12-14-6-5-9-27-14/h3-9,13H,2,10-12H2,1H3,(H,20,24)(H,21,25). The number of nitrogens with one attached hydrogen (secondary N) is 2. The fraction of sp³-hybridized carbons (Fsp3) is 0.316. The fourth-order valence-corrected chi connectivity index (χ4v) is 2.91. The van der Waals surface area contributed by atoms with E-state index in [1.807, 2.05) is 6.92 Å². The number of furan rings is 1. The van der Waals surface area contributed by atoms with Gasteiger partial charge in [0.15, 0.2) is 0 Å². The Balaban J connectivity index is 1.54. The lowest BCUT2D eigenvalue weighted by molar-refractivity contribution is -0.129. The summed E-state index contributed by atoms with van der Waals surface area (Å²) in [5, 5.41) is 0. The molecule has 2 N–H and O–H groups in total. The number of likely N-dealkylation sites (tertiary alicyclic amines) is 1. The number of nitrogens with zero attached hydrogens (tertiary/aromatic N) is 1. The summed E-state index contributed by atoms with van der Waals surface area (Å²) >= 11 is 0. The van der Waals surface area contributed by atoms with Crippen molar-refractivity contribution in [2.75, 3.05) is 13.2 Å². The van der Waals surface area contributed by atoms with Crippen LogP contribution in [0.25, 0.3) is 0 Å². The van der Waals surface area contributed by atoms with E-state index in [4.69, 9.17) is 9.15 Å². The Labute approximate surface area is 156 Å². The zero-order valence-electron chi connectivity index (χ0n) is 14.9. The molecule has 1 atom stereocenters. The number of amides is 3. The molecule has 8 nitrogen and oxygen atoms in total. The quantitative estimate of drug-likeness (QED) is 0.749. The van der Waals surface area contributed by atoms with Crippen molar-refractivity contribution in [2.45, 2.75) is 19.9 Å². The minimum atomic E-state index is -0.533. The summed E-state index contributed by atoms with van der Waals surface area (Å²) in [6.45, 7) is 2.84. The smallest absolute Gasteiger partial charge is 0.273 e. The first-order chi connectivity index (χ1) is 13.1. The molecule has 0 spiro atoms. The van der Waals surface area contributed by atoms with Crippen LogP contribution in [0.15, 0.2) is 47.1 Å². The highest BCUT2D eigenvalue weighted by Crippen LogP contribution is 2.21. The van der Waals surface area contributed by atoms with Crippen molar-refractivity contribution in [1.82, 2.24) is 15.8 Å². The first-order valence-corrected chi connectivity index (χ1v) is 8.70. The Hall–Kier alpha value is -3.29. The predicted octanol–water partition coefficient (Wildman–Crippen LogP) is 1.49. The summed E-state index contributed by atoms with van der Waals surface area (Å²) in [5.41, 5.74) is 5.10. The molecule has 3 amide bonds. The Morgan fingerprint density at radius 1 is 1.22 bits per heavy atom. The van der Waals surface area contributed by atoms with Gasteiger partial charge in [-0.05, 0) is 31.2 Å². The van der Waals surface area contributed by atoms with Crippen molar-refractivity contribution in [2.24, 2.45) is 5.92 Å². The number of para-hydroxylation sites is 1. The van der Waals surface area contributed by atoms with Crippen LogP contribution in [0.4, 0.5) is 0 Å². The number of hydrogen-bond donors (Lipinski definition) is 2. The number of hydrogen-bond acceptors (Lipinski definition) is 5. The summed E-state index contributed by atoms with van der Waals surface area (Å²) in [6.07, 6.45) is 1.63. The molecule has 1 aromatic heterocycles. The SMILES string of the molecule is CCOc1ccccc1C(=O)NNC(=O)C1CC(=O)N(Cc2ccco2)C1. The van der Waals surface area contributed by atoms with Gasteiger partial charge >= 0.3 is 0 Å². The van der Waals surface area contributed by atoms with Crippen LogP contribution >= 0.6 is 0 Å². The molecule has 1 saturated heterocycles. The highest BCUT2D eigenvalue weighted by molar-refractivity contribution is 5.98. The van der Waals surface area contributed by atoms with Crippen LogP contribution < -0.4 is 15.6 Å². The monoisotopic (exact) mass is 371 g/mol. The van der Waals surface area contributed by atoms with Crippen LogP contribution in [0, 0.1) is 5.92 Å². The molecule has 1 unspecified atom stereocenters. The van der Waals surface area contributed by atoms with E-state index >= 15 is 0 Å². The second kappa shape index (κ2) is 8.39. The normalized spacial score (nSPS) is 16.3. The van der Waals surface area contributed by atoms with Crippen LogP contribution in [0.5, 0.6) is 5.75 Å². The van der Waals surface area contributed by atoms with Crippen LogP contribution in [0.1, 0.15) is 29.5 Å². The van der Waals surface area contributed by atoms with Gasteiger partial charge < -0.3 is 14.1 Å². The molecular weight excluding hydrogens is 350 g/mol. The molecule has 8 heteroatoms. The maximum Gasteiger partial charge on any atom is 0.273 e. The third-order valence-corrected chi connectivity index (χ3v) is 4.24. The topological polar surface area (TPSA) is 101 Å². The molecule has 27 heavy (non-hydrogen) atoms. The summed E-state index contributed by atoms with van der Waals surface area (Å²) in [7, 11) is 0. The molecule has 0 aliphatic carbocycles. The average molecular weight is 371 g/mol. The van der Waals surface area contributed by atoms with Gasteiger partial charge in [-0.15, -0.1) is 0 Å². The molecule has 1 aliphatic rings. The molecule has 1 fully saturated rings. The molecule has 2 heterocycles. The lowest BCUT2D eigenvalue weighted by Gasteiger charge is -2.15. The van der Waals surface area contributed by atoms with Gasteiger partial charge in [-0.2, -0.15) is 0 Å². The number of carbonyl (C=O) groups excluding carboxylic acids is 3. The van der Waals surface area contributed by atoms with E-state index in [-0.39, 0.29) is 18.9 Å². The van der Waals surface area contributed by atoms with E-state index in [0.29, 0.717) is 30.2 Å². The highest BCUT2D eigenvalue weighted by atomic mass is 16.5. The molecule has 1 aromatic carbocycles. The highest BCUT2D eigenvalue weighted by Gasteiger charge is 2.34. The zero-order valence-corrected chi connectivity index (χ0v) is 14.9. The van der Waals surface area contributed by atoms with E-state index < -0.39 is 17.7 Å². The molecule has 142 valence electrons. The maximum atomic E-state index is 12.3. The second-order valence-electron chi connectivity index (χ2n) is 6.13. The maximum absolute atomic E-state index is 12.3. The molecule has 1 aliphatic heterocycles. The van der Waals surface area contributed by atoms with Gasteiger partial charge in [0.2, 0.25) is 11.8 Å². The Kier molecular flexibility index (Phi) is 5.75. The molecule has 2 aromatic rings. The van der Waals surface area contributed by atoms with E-state index in [1.54, 1.807) is 41.3 Å². The van der Waals surface area contributed by atoms with Crippen molar-refractivity contribution in [3.05, 3.63) is 54.0 Å². The molecular formula is C19H21N3O5. The van der Waals surface area contributed by atoms with Crippen molar-refractivity contribution in [1.29, 1.82) is 0 Å². The van der Waals surface area contributed by atoms with Gasteiger partial charge in [0.05, 0.1) is 30.9 Å². The Morgan fingerprint density at radius 3 is 2.78 bits per heavy atom. The minimum Gasteiger partial charge on any atom is -0.493 e. The molecule has 0 radical (unpaired) electrons. The van der Waals surface area contributed by atoms with E-state index in [2.05, 4.69) is 10.9 Å². The van der Waals surface area contributed by atoms with Crippen LogP contribution in [0.3, 0.4) is 0 Å². The second-order valence-corrected chi connectivity index (χ2v) is 6.13. The zero-order chi connectivity index (χ0) is 19.2. The molecule has 0 saturated carbocycles. The van der Waals surface area contributed by atoms with Gasteiger partial charge in [-0.1, -0.05) is 12.1 Å². The van der Waals surface area contributed by atoms with E-state index in [0.717, 1.165) is 0 Å². The predicted molar refractivity (Wildman–Crippen MR) is 95.5 cm³/mol. The lowest BCUT2D eigenvalue weighted by atomic mass is 10.1. The Morgan fingerprint density at radius 2 is 2.04 bits per heavy atom. The minimum absolute atomic E-state index is 0.0952.